The molecule has 1 atom stereocenters. The molecule has 0 aliphatic carbocycles. The van der Waals surface area contributed by atoms with Gasteiger partial charge >= 0.3 is 0 Å². The summed E-state index contributed by atoms with van der Waals surface area (Å²) in [6.45, 7) is 5.71. The normalized spacial score (nSPS) is 12.3. The summed E-state index contributed by atoms with van der Waals surface area (Å²) >= 11 is 0. The molecule has 2 heterocycles. The fourth-order valence-corrected chi connectivity index (χ4v) is 4.02. The summed E-state index contributed by atoms with van der Waals surface area (Å²) in [5, 5.41) is 8.31. The summed E-state index contributed by atoms with van der Waals surface area (Å²) < 4.78 is 18.6. The minimum Gasteiger partial charge on any atom is -0.415 e. The van der Waals surface area contributed by atoms with Crippen LogP contribution < -0.4 is 0 Å². The van der Waals surface area contributed by atoms with E-state index >= 15 is 0 Å². The number of benzene rings is 2. The molecule has 0 saturated carbocycles. The van der Waals surface area contributed by atoms with Crippen molar-refractivity contribution in [3.05, 3.63) is 66.5 Å². The van der Waals surface area contributed by atoms with Gasteiger partial charge in [0.1, 0.15) is 5.69 Å². The fraction of sp³-hybridized carbons (Fsp3) is 0.182. The van der Waals surface area contributed by atoms with Crippen molar-refractivity contribution < 1.29 is 8.63 Å². The molecule has 4 aromatic rings. The molecule has 2 aromatic carbocycles. The van der Waals surface area contributed by atoms with Gasteiger partial charge in [-0.05, 0) is 25.1 Å². The topological polar surface area (TPSA) is 81.8 Å². The number of hydrogen-bond donors (Lipinski definition) is 0. The maximum Gasteiger partial charge on any atom is 0.268 e. The minimum atomic E-state index is -1.14. The molecule has 0 amide bonds. The number of aryl methyl sites for hydroxylation is 1. The van der Waals surface area contributed by atoms with Gasteiger partial charge in [-0.1, -0.05) is 50.2 Å². The van der Waals surface area contributed by atoms with Crippen LogP contribution in [-0.4, -0.2) is 29.6 Å². The summed E-state index contributed by atoms with van der Waals surface area (Å²) in [5.74, 6) is 0.728. The van der Waals surface area contributed by atoms with Crippen LogP contribution in [0.1, 0.15) is 19.5 Å². The standard InChI is InChI=1S/C22H20N4O2S/c1-14(2)29(27)19-12-8-7-11-17(19)18-13-23-15(3)20(24-18)22-26-25-21(28-22)16-9-5-4-6-10-16/h4-14H,1-3H3. The molecule has 0 aliphatic heterocycles. The fourth-order valence-electron chi connectivity index (χ4n) is 2.91. The molecule has 0 aliphatic rings. The van der Waals surface area contributed by atoms with E-state index < -0.39 is 10.8 Å². The summed E-state index contributed by atoms with van der Waals surface area (Å²) in [5.41, 5.74) is 3.44. The summed E-state index contributed by atoms with van der Waals surface area (Å²) in [6, 6.07) is 17.1. The van der Waals surface area contributed by atoms with Gasteiger partial charge in [0.05, 0.1) is 28.4 Å². The van der Waals surface area contributed by atoms with Crippen LogP contribution in [0.5, 0.6) is 0 Å². The third-order valence-electron chi connectivity index (χ3n) is 4.41. The second-order valence-electron chi connectivity index (χ2n) is 6.81. The molecule has 2 aromatic heterocycles. The van der Waals surface area contributed by atoms with Crippen molar-refractivity contribution in [1.29, 1.82) is 0 Å². The van der Waals surface area contributed by atoms with Crippen molar-refractivity contribution in [2.45, 2.75) is 30.9 Å². The van der Waals surface area contributed by atoms with Gasteiger partial charge < -0.3 is 4.42 Å². The first-order valence-electron chi connectivity index (χ1n) is 9.27. The monoisotopic (exact) mass is 404 g/mol. The first kappa shape index (κ1) is 19.1. The molecule has 0 fully saturated rings. The first-order valence-corrected chi connectivity index (χ1v) is 10.5. The molecule has 7 heteroatoms. The highest BCUT2D eigenvalue weighted by Crippen LogP contribution is 2.29. The van der Waals surface area contributed by atoms with Gasteiger partial charge in [-0.2, -0.15) is 0 Å². The van der Waals surface area contributed by atoms with Crippen LogP contribution in [0.2, 0.25) is 0 Å². The molecular weight excluding hydrogens is 384 g/mol. The van der Waals surface area contributed by atoms with E-state index in [0.717, 1.165) is 16.0 Å². The second-order valence-corrected chi connectivity index (χ2v) is 8.79. The van der Waals surface area contributed by atoms with E-state index in [9.17, 15) is 4.21 Å². The Morgan fingerprint density at radius 3 is 2.38 bits per heavy atom. The van der Waals surface area contributed by atoms with Gasteiger partial charge in [0.25, 0.3) is 5.89 Å². The van der Waals surface area contributed by atoms with Gasteiger partial charge in [0.2, 0.25) is 5.89 Å². The second kappa shape index (κ2) is 8.05. The zero-order chi connectivity index (χ0) is 20.4. The predicted octanol–water partition coefficient (Wildman–Crippen LogP) is 4.69. The number of nitrogens with zero attached hydrogens (tertiary/aromatic N) is 4. The van der Waals surface area contributed by atoms with E-state index in [1.807, 2.05) is 75.4 Å². The highest BCUT2D eigenvalue weighted by molar-refractivity contribution is 7.85. The molecule has 4 rings (SSSR count). The largest absolute Gasteiger partial charge is 0.415 e. The van der Waals surface area contributed by atoms with Gasteiger partial charge in [0, 0.05) is 21.3 Å². The van der Waals surface area contributed by atoms with Crippen molar-refractivity contribution >= 4 is 10.8 Å². The lowest BCUT2D eigenvalue weighted by Crippen LogP contribution is -2.07. The highest BCUT2D eigenvalue weighted by atomic mass is 32.2. The third-order valence-corrected chi connectivity index (χ3v) is 6.06. The maximum absolute atomic E-state index is 12.7. The average Bonchev–Trinajstić information content (AvgIpc) is 3.24. The Kier molecular flexibility index (Phi) is 5.31. The summed E-state index contributed by atoms with van der Waals surface area (Å²) in [4.78, 5) is 9.94. The van der Waals surface area contributed by atoms with Crippen molar-refractivity contribution in [3.63, 3.8) is 0 Å². The van der Waals surface area contributed by atoms with Crippen LogP contribution in [0.25, 0.3) is 34.3 Å². The minimum absolute atomic E-state index is 0.00148. The summed E-state index contributed by atoms with van der Waals surface area (Å²) in [7, 11) is -1.14. The van der Waals surface area contributed by atoms with Crippen LogP contribution in [0.15, 0.2) is 70.1 Å². The van der Waals surface area contributed by atoms with E-state index in [4.69, 9.17) is 9.40 Å². The van der Waals surface area contributed by atoms with Crippen molar-refractivity contribution in [2.24, 2.45) is 0 Å². The Labute approximate surface area is 171 Å². The molecule has 0 N–H and O–H groups in total. The third kappa shape index (κ3) is 3.86. The Hall–Kier alpha value is -3.19. The van der Waals surface area contributed by atoms with Crippen LogP contribution in [0.3, 0.4) is 0 Å². The lowest BCUT2D eigenvalue weighted by Gasteiger charge is -2.12. The quantitative estimate of drug-likeness (QED) is 0.480. The Morgan fingerprint density at radius 2 is 1.62 bits per heavy atom. The van der Waals surface area contributed by atoms with Gasteiger partial charge in [-0.25, -0.2) is 4.98 Å². The molecular formula is C22H20N4O2S. The van der Waals surface area contributed by atoms with E-state index in [0.29, 0.717) is 28.9 Å². The predicted molar refractivity (Wildman–Crippen MR) is 112 cm³/mol. The maximum atomic E-state index is 12.7. The number of aromatic nitrogens is 4. The summed E-state index contributed by atoms with van der Waals surface area (Å²) in [6.07, 6.45) is 1.68. The molecule has 146 valence electrons. The van der Waals surface area contributed by atoms with Crippen LogP contribution in [-0.2, 0) is 10.8 Å². The molecule has 0 bridgehead atoms. The first-order chi connectivity index (χ1) is 14.0. The van der Waals surface area contributed by atoms with Crippen molar-refractivity contribution in [3.8, 4) is 34.3 Å². The van der Waals surface area contributed by atoms with E-state index in [2.05, 4.69) is 15.2 Å². The van der Waals surface area contributed by atoms with Gasteiger partial charge in [0.15, 0.2) is 0 Å². The zero-order valence-electron chi connectivity index (χ0n) is 16.4. The van der Waals surface area contributed by atoms with Crippen LogP contribution in [0.4, 0.5) is 0 Å². The molecule has 1 unspecified atom stereocenters. The van der Waals surface area contributed by atoms with Gasteiger partial charge in [-0.3, -0.25) is 9.19 Å². The van der Waals surface area contributed by atoms with Crippen molar-refractivity contribution in [2.75, 3.05) is 0 Å². The lowest BCUT2D eigenvalue weighted by atomic mass is 10.1. The Balaban J connectivity index is 1.78. The van der Waals surface area contributed by atoms with E-state index in [1.54, 1.807) is 6.20 Å². The SMILES string of the molecule is Cc1ncc(-c2ccccc2S(=O)C(C)C)nc1-c1nnc(-c2ccccc2)o1. The number of hydrogen-bond acceptors (Lipinski definition) is 6. The highest BCUT2D eigenvalue weighted by Gasteiger charge is 2.19. The van der Waals surface area contributed by atoms with E-state index in [-0.39, 0.29) is 5.25 Å². The van der Waals surface area contributed by atoms with Gasteiger partial charge in [-0.15, -0.1) is 10.2 Å². The molecule has 0 radical (unpaired) electrons. The average molecular weight is 404 g/mol. The number of rotatable bonds is 5. The smallest absolute Gasteiger partial charge is 0.268 e. The molecule has 0 spiro atoms. The molecule has 6 nitrogen and oxygen atoms in total. The zero-order valence-corrected chi connectivity index (χ0v) is 17.2. The van der Waals surface area contributed by atoms with Crippen molar-refractivity contribution in [1.82, 2.24) is 20.2 Å². The van der Waals surface area contributed by atoms with Crippen LogP contribution >= 0.6 is 0 Å². The van der Waals surface area contributed by atoms with Crippen LogP contribution in [0, 0.1) is 6.92 Å². The lowest BCUT2D eigenvalue weighted by molar-refractivity contribution is 0.581. The molecule has 0 saturated heterocycles. The Morgan fingerprint density at radius 1 is 0.931 bits per heavy atom. The molecule has 29 heavy (non-hydrogen) atoms. The Bertz CT molecular complexity index is 1170. The van der Waals surface area contributed by atoms with E-state index in [1.165, 1.54) is 0 Å².